The van der Waals surface area contributed by atoms with Gasteiger partial charge in [0.2, 0.25) is 0 Å². The Morgan fingerprint density at radius 2 is 1.96 bits per heavy atom. The van der Waals surface area contributed by atoms with E-state index in [0.29, 0.717) is 17.7 Å². The smallest absolute Gasteiger partial charge is 0.412 e. The van der Waals surface area contributed by atoms with Crippen LogP contribution in [0.15, 0.2) is 18.2 Å². The van der Waals surface area contributed by atoms with Crippen LogP contribution in [-0.4, -0.2) is 22.4 Å². The summed E-state index contributed by atoms with van der Waals surface area (Å²) in [6.07, 6.45) is -0.0653. The van der Waals surface area contributed by atoms with E-state index < -0.39 is 28.7 Å². The Kier molecular flexibility index (Phi) is 5.10. The summed E-state index contributed by atoms with van der Waals surface area (Å²) in [5.74, 6) is -0.449. The molecule has 1 amide bonds. The molecule has 25 heavy (non-hydrogen) atoms. The molecule has 2 N–H and O–H groups in total. The quantitative estimate of drug-likeness (QED) is 0.733. The molecule has 0 aliphatic carbocycles. The zero-order valence-electron chi connectivity index (χ0n) is 15.1. The third kappa shape index (κ3) is 4.66. The Bertz CT molecular complexity index is 701. The third-order valence-electron chi connectivity index (χ3n) is 4.16. The summed E-state index contributed by atoms with van der Waals surface area (Å²) in [6.45, 7) is 8.45. The van der Waals surface area contributed by atoms with E-state index in [-0.39, 0.29) is 11.4 Å². The highest BCUT2D eigenvalue weighted by molar-refractivity contribution is 7.80. The number of benzene rings is 1. The van der Waals surface area contributed by atoms with E-state index in [9.17, 15) is 13.6 Å². The van der Waals surface area contributed by atoms with Gasteiger partial charge in [0.05, 0.1) is 5.54 Å². The highest BCUT2D eigenvalue weighted by Gasteiger charge is 2.43. The van der Waals surface area contributed by atoms with Gasteiger partial charge in [-0.25, -0.2) is 13.6 Å². The van der Waals surface area contributed by atoms with Crippen LogP contribution in [0.4, 0.5) is 19.3 Å². The molecule has 1 aromatic rings. The lowest BCUT2D eigenvalue weighted by Crippen LogP contribution is -2.55. The van der Waals surface area contributed by atoms with Gasteiger partial charge in [-0.2, -0.15) is 0 Å². The first-order chi connectivity index (χ1) is 11.3. The van der Waals surface area contributed by atoms with E-state index in [2.05, 4.69) is 10.6 Å². The van der Waals surface area contributed by atoms with Crippen LogP contribution in [0.2, 0.25) is 0 Å². The Morgan fingerprint density at radius 1 is 1.32 bits per heavy atom. The maximum atomic E-state index is 14.4. The number of anilines is 1. The predicted molar refractivity (Wildman–Crippen MR) is 98.1 cm³/mol. The van der Waals surface area contributed by atoms with Gasteiger partial charge in [0.15, 0.2) is 5.67 Å². The highest BCUT2D eigenvalue weighted by Crippen LogP contribution is 2.38. The second-order valence-electron chi connectivity index (χ2n) is 7.81. The van der Waals surface area contributed by atoms with Crippen molar-refractivity contribution in [2.24, 2.45) is 0 Å². The minimum absolute atomic E-state index is 0.0613. The molecule has 0 aromatic heterocycles. The number of thiocarbonyl (C=S) groups is 1. The second-order valence-corrected chi connectivity index (χ2v) is 8.21. The number of amides is 1. The number of carbonyl (C=O) groups excluding carboxylic acids is 1. The molecule has 0 saturated carbocycles. The van der Waals surface area contributed by atoms with Gasteiger partial charge >= 0.3 is 6.09 Å². The van der Waals surface area contributed by atoms with E-state index in [0.717, 1.165) is 0 Å². The van der Waals surface area contributed by atoms with Crippen molar-refractivity contribution in [1.82, 2.24) is 5.32 Å². The topological polar surface area (TPSA) is 50.4 Å². The molecular formula is C18H24F2N2O2S. The zero-order chi connectivity index (χ0) is 19.0. The molecule has 138 valence electrons. The number of piperidine rings is 1. The van der Waals surface area contributed by atoms with E-state index in [1.807, 2.05) is 0 Å². The van der Waals surface area contributed by atoms with Crippen LogP contribution in [0.25, 0.3) is 0 Å². The monoisotopic (exact) mass is 370 g/mol. The predicted octanol–water partition coefficient (Wildman–Crippen LogP) is 4.83. The van der Waals surface area contributed by atoms with Crippen molar-refractivity contribution in [3.8, 4) is 0 Å². The van der Waals surface area contributed by atoms with E-state index in [1.165, 1.54) is 25.1 Å². The number of alkyl halides is 1. The molecule has 1 aliphatic heterocycles. The van der Waals surface area contributed by atoms with Crippen LogP contribution in [0, 0.1) is 5.82 Å². The Hall–Kier alpha value is -1.76. The fourth-order valence-corrected chi connectivity index (χ4v) is 3.02. The molecule has 1 aromatic carbocycles. The molecule has 2 rings (SSSR count). The van der Waals surface area contributed by atoms with Gasteiger partial charge in [0.1, 0.15) is 16.4 Å². The molecule has 4 nitrogen and oxygen atoms in total. The lowest BCUT2D eigenvalue weighted by Gasteiger charge is -2.42. The Labute approximate surface area is 152 Å². The largest absolute Gasteiger partial charge is 0.444 e. The van der Waals surface area contributed by atoms with Gasteiger partial charge in [0.25, 0.3) is 0 Å². The third-order valence-corrected chi connectivity index (χ3v) is 4.69. The molecule has 1 saturated heterocycles. The van der Waals surface area contributed by atoms with Gasteiger partial charge < -0.3 is 10.1 Å². The van der Waals surface area contributed by atoms with Crippen molar-refractivity contribution >= 4 is 29.0 Å². The van der Waals surface area contributed by atoms with Crippen LogP contribution in [0.5, 0.6) is 0 Å². The second kappa shape index (κ2) is 6.52. The summed E-state index contributed by atoms with van der Waals surface area (Å²) in [6, 6.07) is 4.24. The maximum absolute atomic E-state index is 14.4. The van der Waals surface area contributed by atoms with Crippen LogP contribution in [0.1, 0.15) is 53.0 Å². The summed E-state index contributed by atoms with van der Waals surface area (Å²) in [5, 5.41) is 5.52. The maximum Gasteiger partial charge on any atom is 0.412 e. The number of nitrogens with one attached hydrogen (secondary N) is 2. The Balaban J connectivity index is 2.25. The number of rotatable bonds is 2. The molecule has 0 spiro atoms. The molecule has 1 heterocycles. The number of hydrogen-bond acceptors (Lipinski definition) is 3. The summed E-state index contributed by atoms with van der Waals surface area (Å²) in [7, 11) is 0. The number of halogens is 2. The Morgan fingerprint density at radius 3 is 2.52 bits per heavy atom. The van der Waals surface area contributed by atoms with Crippen LogP contribution >= 0.6 is 12.2 Å². The number of hydrogen-bond donors (Lipinski definition) is 2. The number of ether oxygens (including phenoxy) is 1. The zero-order valence-corrected chi connectivity index (χ0v) is 15.9. The summed E-state index contributed by atoms with van der Waals surface area (Å²) in [5.41, 5.74) is -2.37. The van der Waals surface area contributed by atoms with Gasteiger partial charge in [-0.3, -0.25) is 5.32 Å². The molecule has 2 atom stereocenters. The van der Waals surface area contributed by atoms with Crippen molar-refractivity contribution in [2.45, 2.75) is 64.3 Å². The van der Waals surface area contributed by atoms with Crippen molar-refractivity contribution in [2.75, 3.05) is 5.32 Å². The van der Waals surface area contributed by atoms with E-state index in [4.69, 9.17) is 17.0 Å². The standard InChI is InChI=1S/C18H24F2N2O2S/c1-16(2,3)24-15(23)21-11-6-7-13(19)12(10-11)18(5)9-8-17(4,20)14(25)22-18/h6-7,10H,8-9H2,1-5H3,(H,21,23)(H,22,25)/t17-,18+/m1/s1. The molecule has 0 radical (unpaired) electrons. The molecule has 7 heteroatoms. The van der Waals surface area contributed by atoms with Crippen LogP contribution < -0.4 is 10.6 Å². The van der Waals surface area contributed by atoms with Crippen molar-refractivity contribution in [3.05, 3.63) is 29.6 Å². The minimum atomic E-state index is -1.60. The number of carbonyl (C=O) groups is 1. The van der Waals surface area contributed by atoms with Crippen LogP contribution in [0.3, 0.4) is 0 Å². The fourth-order valence-electron chi connectivity index (χ4n) is 2.69. The van der Waals surface area contributed by atoms with Gasteiger partial charge in [-0.15, -0.1) is 0 Å². The molecular weight excluding hydrogens is 346 g/mol. The lowest BCUT2D eigenvalue weighted by atomic mass is 9.79. The molecule has 0 bridgehead atoms. The fraction of sp³-hybridized carbons (Fsp3) is 0.556. The van der Waals surface area contributed by atoms with Crippen molar-refractivity contribution in [1.29, 1.82) is 0 Å². The van der Waals surface area contributed by atoms with Gasteiger partial charge in [0, 0.05) is 11.3 Å². The SMILES string of the molecule is CC(C)(C)OC(=O)Nc1ccc(F)c([C@]2(C)CC[C@@](C)(F)C(=S)N2)c1. The van der Waals surface area contributed by atoms with E-state index >= 15 is 0 Å². The van der Waals surface area contributed by atoms with Gasteiger partial charge in [-0.1, -0.05) is 12.2 Å². The first-order valence-corrected chi connectivity index (χ1v) is 8.55. The lowest BCUT2D eigenvalue weighted by molar-refractivity contribution is 0.0636. The molecule has 1 aliphatic rings. The minimum Gasteiger partial charge on any atom is -0.444 e. The molecule has 1 fully saturated rings. The van der Waals surface area contributed by atoms with Crippen molar-refractivity contribution < 1.29 is 18.3 Å². The average molecular weight is 370 g/mol. The summed E-state index contributed by atoms with van der Waals surface area (Å²) in [4.78, 5) is 12.0. The normalized spacial score (nSPS) is 26.8. The molecule has 0 unspecified atom stereocenters. The summed E-state index contributed by atoms with van der Waals surface area (Å²) < 4.78 is 33.9. The first kappa shape index (κ1) is 19.6. The first-order valence-electron chi connectivity index (χ1n) is 8.14. The highest BCUT2D eigenvalue weighted by atomic mass is 32.1. The van der Waals surface area contributed by atoms with Gasteiger partial charge in [-0.05, 0) is 65.7 Å². The summed E-state index contributed by atoms with van der Waals surface area (Å²) >= 11 is 5.10. The van der Waals surface area contributed by atoms with E-state index in [1.54, 1.807) is 27.7 Å². The average Bonchev–Trinajstić information content (AvgIpc) is 2.44. The van der Waals surface area contributed by atoms with Crippen molar-refractivity contribution in [3.63, 3.8) is 0 Å². The van der Waals surface area contributed by atoms with Crippen LogP contribution in [-0.2, 0) is 10.3 Å².